The Morgan fingerprint density at radius 1 is 1.11 bits per heavy atom. The molecule has 0 aromatic heterocycles. The third-order valence-electron chi connectivity index (χ3n) is 3.46. The molecule has 0 fully saturated rings. The third-order valence-corrected chi connectivity index (χ3v) is 4.48. The smallest absolute Gasteiger partial charge is 0.123 e. The van der Waals surface area contributed by atoms with E-state index in [4.69, 9.17) is 23.2 Å². The topological polar surface area (TPSA) is 0 Å². The summed E-state index contributed by atoms with van der Waals surface area (Å²) in [7, 11) is 0. The minimum atomic E-state index is -0.293. The van der Waals surface area contributed by atoms with E-state index in [2.05, 4.69) is 6.92 Å². The predicted octanol–water partition coefficient (Wildman–Crippen LogP) is 5.51. The van der Waals surface area contributed by atoms with Crippen LogP contribution >= 0.6 is 23.2 Å². The van der Waals surface area contributed by atoms with Crippen LogP contribution in [-0.4, -0.2) is 11.8 Å². The van der Waals surface area contributed by atoms with E-state index in [0.29, 0.717) is 11.8 Å². The summed E-state index contributed by atoms with van der Waals surface area (Å²) in [5.41, 5.74) is 0.628. The van der Waals surface area contributed by atoms with Gasteiger partial charge in [0, 0.05) is 17.2 Å². The van der Waals surface area contributed by atoms with Gasteiger partial charge in [-0.25, -0.2) is 4.39 Å². The first-order valence-electron chi connectivity index (χ1n) is 6.56. The molecule has 0 radical (unpaired) electrons. The lowest BCUT2D eigenvalue weighted by Gasteiger charge is -2.30. The molecule has 1 aromatic rings. The predicted molar refractivity (Wildman–Crippen MR) is 78.3 cm³/mol. The Balaban J connectivity index is 2.79. The second-order valence-corrected chi connectivity index (χ2v) is 5.40. The van der Waals surface area contributed by atoms with Crippen LogP contribution in [0.4, 0.5) is 4.39 Å². The SMILES string of the molecule is CCCCCCC(CCl)(CCl)c1cccc(F)c1. The van der Waals surface area contributed by atoms with Gasteiger partial charge in [0.1, 0.15) is 5.82 Å². The number of benzene rings is 1. The maximum absolute atomic E-state index is 13.3. The first kappa shape index (κ1) is 15.8. The highest BCUT2D eigenvalue weighted by Crippen LogP contribution is 2.33. The van der Waals surface area contributed by atoms with E-state index in [1.54, 1.807) is 12.1 Å². The Labute approximate surface area is 119 Å². The summed E-state index contributed by atoms with van der Waals surface area (Å²) in [5, 5.41) is 0. The van der Waals surface area contributed by atoms with E-state index in [1.165, 1.54) is 25.3 Å². The van der Waals surface area contributed by atoms with Crippen molar-refractivity contribution in [1.29, 1.82) is 0 Å². The van der Waals surface area contributed by atoms with Crippen molar-refractivity contribution in [3.63, 3.8) is 0 Å². The van der Waals surface area contributed by atoms with Gasteiger partial charge in [0.25, 0.3) is 0 Å². The van der Waals surface area contributed by atoms with Crippen LogP contribution in [0.25, 0.3) is 0 Å². The van der Waals surface area contributed by atoms with Crippen molar-refractivity contribution in [2.24, 2.45) is 0 Å². The van der Waals surface area contributed by atoms with Crippen LogP contribution < -0.4 is 0 Å². The van der Waals surface area contributed by atoms with Crippen molar-refractivity contribution in [2.45, 2.75) is 44.4 Å². The average molecular weight is 291 g/mol. The molecule has 0 N–H and O–H groups in total. The second-order valence-electron chi connectivity index (χ2n) is 4.87. The maximum atomic E-state index is 13.3. The number of hydrogen-bond donors (Lipinski definition) is 0. The Bertz CT molecular complexity index is 348. The quantitative estimate of drug-likeness (QED) is 0.437. The van der Waals surface area contributed by atoms with Crippen LogP contribution in [0.3, 0.4) is 0 Å². The summed E-state index contributed by atoms with van der Waals surface area (Å²) >= 11 is 12.2. The maximum Gasteiger partial charge on any atom is 0.123 e. The van der Waals surface area contributed by atoms with Gasteiger partial charge in [0.15, 0.2) is 0 Å². The number of unbranched alkanes of at least 4 members (excludes halogenated alkanes) is 3. The van der Waals surface area contributed by atoms with Gasteiger partial charge in [-0.1, -0.05) is 44.7 Å². The van der Waals surface area contributed by atoms with Crippen LogP contribution in [0, 0.1) is 5.82 Å². The Hall–Kier alpha value is -0.270. The molecule has 1 aromatic carbocycles. The molecule has 0 nitrogen and oxygen atoms in total. The van der Waals surface area contributed by atoms with Gasteiger partial charge in [-0.2, -0.15) is 0 Å². The molecule has 0 saturated carbocycles. The number of hydrogen-bond acceptors (Lipinski definition) is 0. The normalized spacial score (nSPS) is 11.8. The van der Waals surface area contributed by atoms with E-state index >= 15 is 0 Å². The summed E-state index contributed by atoms with van der Waals surface area (Å²) in [6.07, 6.45) is 5.62. The summed E-state index contributed by atoms with van der Waals surface area (Å²) < 4.78 is 13.3. The van der Waals surface area contributed by atoms with E-state index in [1.807, 2.05) is 6.07 Å². The molecule has 0 heterocycles. The van der Waals surface area contributed by atoms with Crippen molar-refractivity contribution in [2.75, 3.05) is 11.8 Å². The summed E-state index contributed by atoms with van der Waals surface area (Å²) in [6, 6.07) is 6.66. The fourth-order valence-electron chi connectivity index (χ4n) is 2.18. The lowest BCUT2D eigenvalue weighted by Crippen LogP contribution is -2.30. The van der Waals surface area contributed by atoms with Crippen molar-refractivity contribution in [3.05, 3.63) is 35.6 Å². The highest BCUT2D eigenvalue weighted by atomic mass is 35.5. The molecule has 3 heteroatoms. The van der Waals surface area contributed by atoms with Crippen molar-refractivity contribution < 1.29 is 4.39 Å². The van der Waals surface area contributed by atoms with Gasteiger partial charge in [0.2, 0.25) is 0 Å². The minimum Gasteiger partial charge on any atom is -0.207 e. The lowest BCUT2D eigenvalue weighted by atomic mass is 9.79. The molecule has 0 aliphatic heterocycles. The van der Waals surface area contributed by atoms with Gasteiger partial charge in [-0.05, 0) is 24.1 Å². The van der Waals surface area contributed by atoms with Crippen molar-refractivity contribution in [3.8, 4) is 0 Å². The molecule has 0 aliphatic rings. The van der Waals surface area contributed by atoms with Gasteiger partial charge in [-0.3, -0.25) is 0 Å². The zero-order chi connectivity index (χ0) is 13.4. The number of rotatable bonds is 8. The molecule has 0 spiro atoms. The molecular formula is C15H21Cl2F. The molecule has 0 bridgehead atoms. The Morgan fingerprint density at radius 3 is 2.39 bits per heavy atom. The third kappa shape index (κ3) is 4.13. The van der Waals surface area contributed by atoms with Gasteiger partial charge >= 0.3 is 0 Å². The van der Waals surface area contributed by atoms with Gasteiger partial charge in [-0.15, -0.1) is 23.2 Å². The number of halogens is 3. The largest absolute Gasteiger partial charge is 0.207 e. The minimum absolute atomic E-state index is 0.222. The van der Waals surface area contributed by atoms with Crippen molar-refractivity contribution in [1.82, 2.24) is 0 Å². The molecule has 0 amide bonds. The molecule has 102 valence electrons. The summed E-state index contributed by atoms with van der Waals surface area (Å²) in [6.45, 7) is 2.18. The summed E-state index contributed by atoms with van der Waals surface area (Å²) in [4.78, 5) is 0. The molecule has 0 atom stereocenters. The Kier molecular flexibility index (Phi) is 7.03. The molecule has 18 heavy (non-hydrogen) atoms. The van der Waals surface area contributed by atoms with Gasteiger partial charge in [0.05, 0.1) is 0 Å². The average Bonchev–Trinajstić information content (AvgIpc) is 2.40. The van der Waals surface area contributed by atoms with Crippen LogP contribution in [0.2, 0.25) is 0 Å². The second kappa shape index (κ2) is 8.01. The van der Waals surface area contributed by atoms with Gasteiger partial charge < -0.3 is 0 Å². The van der Waals surface area contributed by atoms with Crippen LogP contribution in [0.15, 0.2) is 24.3 Å². The molecule has 0 aliphatic carbocycles. The zero-order valence-corrected chi connectivity index (χ0v) is 12.4. The van der Waals surface area contributed by atoms with E-state index in [9.17, 15) is 4.39 Å². The highest BCUT2D eigenvalue weighted by Gasteiger charge is 2.30. The van der Waals surface area contributed by atoms with Crippen molar-refractivity contribution >= 4 is 23.2 Å². The van der Waals surface area contributed by atoms with Crippen LogP contribution in [0.1, 0.15) is 44.6 Å². The number of alkyl halides is 2. The van der Waals surface area contributed by atoms with E-state index in [0.717, 1.165) is 18.4 Å². The van der Waals surface area contributed by atoms with Crippen LogP contribution in [-0.2, 0) is 5.41 Å². The lowest BCUT2D eigenvalue weighted by molar-refractivity contribution is 0.453. The van der Waals surface area contributed by atoms with Crippen LogP contribution in [0.5, 0.6) is 0 Å². The van der Waals surface area contributed by atoms with E-state index < -0.39 is 0 Å². The molecular weight excluding hydrogens is 270 g/mol. The highest BCUT2D eigenvalue weighted by molar-refractivity contribution is 6.22. The molecule has 0 unspecified atom stereocenters. The van der Waals surface area contributed by atoms with E-state index in [-0.39, 0.29) is 11.2 Å². The zero-order valence-electron chi connectivity index (χ0n) is 10.9. The first-order chi connectivity index (χ1) is 8.68. The molecule has 1 rings (SSSR count). The standard InChI is InChI=1S/C15H21Cl2F/c1-2-3-4-5-9-15(11-16,12-17)13-7-6-8-14(18)10-13/h6-8,10H,2-5,9,11-12H2,1H3. The fraction of sp³-hybridized carbons (Fsp3) is 0.600. The Morgan fingerprint density at radius 2 is 1.83 bits per heavy atom. The molecule has 0 saturated heterocycles. The summed E-state index contributed by atoms with van der Waals surface area (Å²) in [5.74, 6) is 0.652. The first-order valence-corrected chi connectivity index (χ1v) is 7.63. The monoisotopic (exact) mass is 290 g/mol. The fourth-order valence-corrected chi connectivity index (χ4v) is 3.04.